The molecule has 0 saturated heterocycles. The Bertz CT molecular complexity index is 252. The summed E-state index contributed by atoms with van der Waals surface area (Å²) in [5, 5.41) is 7.88. The third kappa shape index (κ3) is 3.84. The Hall–Kier alpha value is -1.17. The van der Waals surface area contributed by atoms with Crippen LogP contribution in [-0.4, -0.2) is 29.1 Å². The molecule has 13 heavy (non-hydrogen) atoms. The lowest BCUT2D eigenvalue weighted by molar-refractivity contribution is 0.0887. The van der Waals surface area contributed by atoms with Gasteiger partial charge in [-0.2, -0.15) is 5.10 Å². The number of H-pyrrole nitrogens is 1. The zero-order chi connectivity index (χ0) is 8.97. The van der Waals surface area contributed by atoms with E-state index in [1.807, 2.05) is 5.32 Å². The summed E-state index contributed by atoms with van der Waals surface area (Å²) in [4.78, 5) is 10.9. The number of nitrogens with zero attached hydrogens (tertiary/aromatic N) is 1. The molecule has 2 N–H and O–H groups in total. The standard InChI is InChI=1S/C6H7F2N3O.ClH/c7-5(8)3-9-6(12)4-1-2-10-11-4;/h1-2,5H,3H2,(H,9,12)(H,10,11);1H. The molecule has 74 valence electrons. The van der Waals surface area contributed by atoms with Gasteiger partial charge >= 0.3 is 0 Å². The summed E-state index contributed by atoms with van der Waals surface area (Å²) in [6.07, 6.45) is -1.16. The summed E-state index contributed by atoms with van der Waals surface area (Å²) in [6.45, 7) is -0.641. The number of aromatic amines is 1. The number of aromatic nitrogens is 2. The van der Waals surface area contributed by atoms with Crippen molar-refractivity contribution in [1.82, 2.24) is 15.5 Å². The number of hydrogen-bond donors (Lipinski definition) is 2. The van der Waals surface area contributed by atoms with Crippen LogP contribution in [0.4, 0.5) is 8.78 Å². The van der Waals surface area contributed by atoms with Gasteiger partial charge in [0.1, 0.15) is 5.69 Å². The third-order valence-electron chi connectivity index (χ3n) is 1.16. The molecule has 0 saturated carbocycles. The molecule has 0 aliphatic rings. The Balaban J connectivity index is 0.00000144. The van der Waals surface area contributed by atoms with Gasteiger partial charge in [0.25, 0.3) is 12.3 Å². The fraction of sp³-hybridized carbons (Fsp3) is 0.333. The Kier molecular flexibility index (Phi) is 4.98. The van der Waals surface area contributed by atoms with Crippen LogP contribution in [0.3, 0.4) is 0 Å². The minimum atomic E-state index is -2.53. The number of carbonyl (C=O) groups excluding carboxylic acids is 1. The van der Waals surface area contributed by atoms with Crippen molar-refractivity contribution in [2.45, 2.75) is 6.43 Å². The summed E-state index contributed by atoms with van der Waals surface area (Å²) in [7, 11) is 0. The van der Waals surface area contributed by atoms with Crippen LogP contribution >= 0.6 is 12.4 Å². The van der Waals surface area contributed by atoms with Gasteiger partial charge in [-0.3, -0.25) is 9.89 Å². The first-order chi connectivity index (χ1) is 5.70. The van der Waals surface area contributed by atoms with Gasteiger partial charge < -0.3 is 5.32 Å². The highest BCUT2D eigenvalue weighted by atomic mass is 35.5. The molecule has 0 aliphatic carbocycles. The topological polar surface area (TPSA) is 57.8 Å². The number of hydrogen-bond acceptors (Lipinski definition) is 2. The minimum absolute atomic E-state index is 0. The highest BCUT2D eigenvalue weighted by molar-refractivity contribution is 5.92. The Labute approximate surface area is 79.1 Å². The van der Waals surface area contributed by atoms with Crippen molar-refractivity contribution >= 4 is 18.3 Å². The van der Waals surface area contributed by atoms with E-state index in [9.17, 15) is 13.6 Å². The van der Waals surface area contributed by atoms with E-state index in [1.54, 1.807) is 0 Å². The van der Waals surface area contributed by atoms with Crippen LogP contribution < -0.4 is 5.32 Å². The number of nitrogens with one attached hydrogen (secondary N) is 2. The van der Waals surface area contributed by atoms with E-state index in [-0.39, 0.29) is 18.1 Å². The van der Waals surface area contributed by atoms with Crippen molar-refractivity contribution in [3.8, 4) is 0 Å². The summed E-state index contributed by atoms with van der Waals surface area (Å²) in [5.74, 6) is -0.576. The molecule has 0 radical (unpaired) electrons. The van der Waals surface area contributed by atoms with Crippen LogP contribution in [0.1, 0.15) is 10.5 Å². The quantitative estimate of drug-likeness (QED) is 0.778. The smallest absolute Gasteiger partial charge is 0.269 e. The Morgan fingerprint density at radius 3 is 2.85 bits per heavy atom. The minimum Gasteiger partial charge on any atom is -0.345 e. The van der Waals surface area contributed by atoms with Gasteiger partial charge in [0.15, 0.2) is 0 Å². The second kappa shape index (κ2) is 5.47. The monoisotopic (exact) mass is 211 g/mol. The molecular formula is C6H8ClF2N3O. The van der Waals surface area contributed by atoms with Crippen LogP contribution in [0.15, 0.2) is 12.3 Å². The number of carbonyl (C=O) groups is 1. The number of amides is 1. The molecule has 1 aromatic rings. The van der Waals surface area contributed by atoms with Crippen molar-refractivity contribution < 1.29 is 13.6 Å². The molecule has 7 heteroatoms. The predicted molar refractivity (Wildman–Crippen MR) is 44.2 cm³/mol. The fourth-order valence-electron chi connectivity index (χ4n) is 0.647. The van der Waals surface area contributed by atoms with Gasteiger partial charge in [-0.25, -0.2) is 8.78 Å². The molecule has 0 aliphatic heterocycles. The maximum atomic E-state index is 11.6. The van der Waals surface area contributed by atoms with Gasteiger partial charge in [0.05, 0.1) is 6.54 Å². The van der Waals surface area contributed by atoms with E-state index in [0.717, 1.165) is 0 Å². The van der Waals surface area contributed by atoms with Gasteiger partial charge in [0, 0.05) is 6.20 Å². The van der Waals surface area contributed by atoms with Crippen molar-refractivity contribution in [1.29, 1.82) is 0 Å². The lowest BCUT2D eigenvalue weighted by Crippen LogP contribution is -2.28. The summed E-state index contributed by atoms with van der Waals surface area (Å²) in [6, 6.07) is 1.40. The summed E-state index contributed by atoms with van der Waals surface area (Å²) < 4.78 is 23.2. The van der Waals surface area contributed by atoms with Gasteiger partial charge in [-0.1, -0.05) is 0 Å². The van der Waals surface area contributed by atoms with Crippen molar-refractivity contribution in [3.63, 3.8) is 0 Å². The highest BCUT2D eigenvalue weighted by Gasteiger charge is 2.08. The van der Waals surface area contributed by atoms with Crippen molar-refractivity contribution in [2.75, 3.05) is 6.54 Å². The molecule has 0 bridgehead atoms. The Morgan fingerprint density at radius 1 is 1.69 bits per heavy atom. The third-order valence-corrected chi connectivity index (χ3v) is 1.16. The average molecular weight is 212 g/mol. The fourth-order valence-corrected chi connectivity index (χ4v) is 0.647. The molecule has 0 spiro atoms. The van der Waals surface area contributed by atoms with E-state index < -0.39 is 18.9 Å². The Morgan fingerprint density at radius 2 is 2.38 bits per heavy atom. The first-order valence-corrected chi connectivity index (χ1v) is 3.26. The van der Waals surface area contributed by atoms with E-state index >= 15 is 0 Å². The number of alkyl halides is 2. The molecule has 0 fully saturated rings. The molecule has 0 unspecified atom stereocenters. The molecular weight excluding hydrogens is 204 g/mol. The molecule has 1 heterocycles. The van der Waals surface area contributed by atoms with Crippen molar-refractivity contribution in [2.24, 2.45) is 0 Å². The van der Waals surface area contributed by atoms with E-state index in [4.69, 9.17) is 0 Å². The molecule has 1 amide bonds. The second-order valence-electron chi connectivity index (χ2n) is 2.07. The molecule has 1 aromatic heterocycles. The zero-order valence-electron chi connectivity index (χ0n) is 6.46. The number of halogens is 3. The maximum Gasteiger partial charge on any atom is 0.269 e. The lowest BCUT2D eigenvalue weighted by Gasteiger charge is -2.00. The highest BCUT2D eigenvalue weighted by Crippen LogP contribution is 1.92. The predicted octanol–water partition coefficient (Wildman–Crippen LogP) is 0.826. The largest absolute Gasteiger partial charge is 0.345 e. The zero-order valence-corrected chi connectivity index (χ0v) is 7.28. The summed E-state index contributed by atoms with van der Waals surface area (Å²) in [5.41, 5.74) is 0.177. The molecule has 1 rings (SSSR count). The normalized spacial score (nSPS) is 9.46. The van der Waals surface area contributed by atoms with E-state index in [0.29, 0.717) is 0 Å². The second-order valence-corrected chi connectivity index (χ2v) is 2.07. The van der Waals surface area contributed by atoms with Gasteiger partial charge in [-0.05, 0) is 6.07 Å². The molecule has 0 aromatic carbocycles. The first-order valence-electron chi connectivity index (χ1n) is 3.26. The van der Waals surface area contributed by atoms with Gasteiger partial charge in [0.2, 0.25) is 0 Å². The lowest BCUT2D eigenvalue weighted by atomic mass is 10.4. The number of rotatable bonds is 3. The molecule has 4 nitrogen and oxygen atoms in total. The first kappa shape index (κ1) is 11.8. The van der Waals surface area contributed by atoms with E-state index in [2.05, 4.69) is 10.2 Å². The van der Waals surface area contributed by atoms with Crippen LogP contribution in [0.5, 0.6) is 0 Å². The van der Waals surface area contributed by atoms with Crippen LogP contribution in [0.25, 0.3) is 0 Å². The summed E-state index contributed by atoms with van der Waals surface area (Å²) >= 11 is 0. The van der Waals surface area contributed by atoms with Crippen molar-refractivity contribution in [3.05, 3.63) is 18.0 Å². The van der Waals surface area contributed by atoms with E-state index in [1.165, 1.54) is 12.3 Å². The SMILES string of the molecule is Cl.O=C(NCC(F)F)c1ccn[nH]1. The van der Waals surface area contributed by atoms with Gasteiger partial charge in [-0.15, -0.1) is 12.4 Å². The van der Waals surface area contributed by atoms with Crippen LogP contribution in [-0.2, 0) is 0 Å². The molecule has 0 atom stereocenters. The maximum absolute atomic E-state index is 11.6. The van der Waals surface area contributed by atoms with Crippen LogP contribution in [0, 0.1) is 0 Å². The van der Waals surface area contributed by atoms with Crippen LogP contribution in [0.2, 0.25) is 0 Å². The average Bonchev–Trinajstić information content (AvgIpc) is 2.51.